The van der Waals surface area contributed by atoms with Crippen LogP contribution in [-0.4, -0.2) is 63.4 Å². The minimum absolute atomic E-state index is 0.192. The number of methoxy groups -OCH3 is 3. The molecule has 1 aromatic carbocycles. The van der Waals surface area contributed by atoms with Gasteiger partial charge in [0.15, 0.2) is 0 Å². The van der Waals surface area contributed by atoms with E-state index < -0.39 is 10.0 Å². The number of hydrogen-bond donors (Lipinski definition) is 2. The predicted octanol–water partition coefficient (Wildman–Crippen LogP) is 2.25. The van der Waals surface area contributed by atoms with Crippen LogP contribution in [0.1, 0.15) is 12.8 Å². The number of aliphatic hydroxyl groups is 1. The maximum Gasteiger partial charge on any atom is 0.138 e. The van der Waals surface area contributed by atoms with Crippen molar-refractivity contribution in [1.82, 2.24) is 5.32 Å². The topological polar surface area (TPSA) is 60.0 Å². The summed E-state index contributed by atoms with van der Waals surface area (Å²) in [7, 11) is 3.63. The first-order valence-electron chi connectivity index (χ1n) is 7.85. The van der Waals surface area contributed by atoms with E-state index in [2.05, 4.69) is 17.8 Å². The van der Waals surface area contributed by atoms with Gasteiger partial charge in [0.2, 0.25) is 0 Å². The van der Waals surface area contributed by atoms with Gasteiger partial charge in [0.25, 0.3) is 0 Å². The monoisotopic (exact) mass is 343 g/mol. The molecule has 1 aromatic rings. The molecule has 132 valence electrons. The van der Waals surface area contributed by atoms with Crippen LogP contribution in [-0.2, 0) is 0 Å². The minimum atomic E-state index is -1.30. The van der Waals surface area contributed by atoms with Gasteiger partial charge in [-0.3, -0.25) is 0 Å². The fourth-order valence-corrected chi connectivity index (χ4v) is 5.81. The Balaban J connectivity index is 2.33. The molecule has 6 heteroatoms. The van der Waals surface area contributed by atoms with Gasteiger partial charge in [-0.25, -0.2) is 10.0 Å². The lowest BCUT2D eigenvalue weighted by Crippen LogP contribution is -2.38. The highest BCUT2D eigenvalue weighted by molar-refractivity contribution is 8.32. The molecule has 0 bridgehead atoms. The largest absolute Gasteiger partial charge is 0.496 e. The molecule has 0 radical (unpaired) electrons. The fraction of sp³-hybridized carbons (Fsp3) is 0.647. The van der Waals surface area contributed by atoms with E-state index in [0.29, 0.717) is 11.5 Å². The molecule has 0 aromatic heterocycles. The summed E-state index contributed by atoms with van der Waals surface area (Å²) < 4.78 is 16.5. The average Bonchev–Trinajstić information content (AvgIpc) is 3.07. The van der Waals surface area contributed by atoms with Crippen molar-refractivity contribution in [2.75, 3.05) is 46.1 Å². The Morgan fingerprint density at radius 2 is 1.78 bits per heavy atom. The first kappa shape index (κ1) is 18.2. The molecular weight excluding hydrogens is 314 g/mol. The van der Waals surface area contributed by atoms with Crippen molar-refractivity contribution in [2.45, 2.75) is 29.9 Å². The summed E-state index contributed by atoms with van der Waals surface area (Å²) in [6, 6.07) is 3.96. The van der Waals surface area contributed by atoms with Gasteiger partial charge >= 0.3 is 0 Å². The number of ether oxygens (including phenoxy) is 3. The molecule has 1 saturated heterocycles. The van der Waals surface area contributed by atoms with E-state index in [0.717, 1.165) is 35.8 Å². The van der Waals surface area contributed by atoms with E-state index in [9.17, 15) is 5.11 Å². The van der Waals surface area contributed by atoms with Gasteiger partial charge in [-0.1, -0.05) is 0 Å². The summed E-state index contributed by atoms with van der Waals surface area (Å²) in [5.74, 6) is 2.93. The van der Waals surface area contributed by atoms with E-state index in [1.165, 1.54) is 0 Å². The van der Waals surface area contributed by atoms with Crippen LogP contribution in [0.2, 0.25) is 0 Å². The van der Waals surface area contributed by atoms with Gasteiger partial charge in [-0.15, -0.1) is 0 Å². The third-order valence-corrected chi connectivity index (χ3v) is 7.06. The number of hydrogen-bond acceptors (Lipinski definition) is 5. The second-order valence-electron chi connectivity index (χ2n) is 6.34. The molecule has 23 heavy (non-hydrogen) atoms. The predicted molar refractivity (Wildman–Crippen MR) is 95.7 cm³/mol. The number of nitrogens with one attached hydrogen (secondary N) is 1. The highest BCUT2D eigenvalue weighted by atomic mass is 32.3. The standard InChI is InChI=1S/C17H29NO4S/c1-20-12-9-15(21-2)17(16(10-12)22-3)23(4,5)11-14(19)13-7-6-8-18-13/h9-10,13-14,18-19H,6-8,11H2,1-5H3/t13-,14+/m0/s1. The maximum absolute atomic E-state index is 10.6. The van der Waals surface area contributed by atoms with Crippen LogP contribution in [0, 0.1) is 0 Å². The van der Waals surface area contributed by atoms with Crippen molar-refractivity contribution >= 4 is 10.0 Å². The molecule has 1 aliphatic heterocycles. The molecule has 2 N–H and O–H groups in total. The summed E-state index contributed by atoms with van der Waals surface area (Å²) in [5.41, 5.74) is 0. The zero-order valence-electron chi connectivity index (χ0n) is 14.7. The van der Waals surface area contributed by atoms with Crippen molar-refractivity contribution in [2.24, 2.45) is 0 Å². The zero-order valence-corrected chi connectivity index (χ0v) is 15.5. The fourth-order valence-electron chi connectivity index (χ4n) is 3.18. The molecule has 0 saturated carbocycles. The van der Waals surface area contributed by atoms with E-state index in [1.807, 2.05) is 12.1 Å². The molecule has 0 aliphatic carbocycles. The second kappa shape index (κ2) is 7.64. The summed E-state index contributed by atoms with van der Waals surface area (Å²) in [5, 5.41) is 14.0. The van der Waals surface area contributed by atoms with Crippen LogP contribution in [0.4, 0.5) is 0 Å². The van der Waals surface area contributed by atoms with Crippen LogP contribution in [0.5, 0.6) is 17.2 Å². The third kappa shape index (κ3) is 4.05. The molecule has 2 rings (SSSR count). The number of aliphatic hydroxyl groups excluding tert-OH is 1. The number of benzene rings is 1. The van der Waals surface area contributed by atoms with Gasteiger partial charge in [0, 0.05) is 23.9 Å². The zero-order chi connectivity index (χ0) is 17.0. The second-order valence-corrected chi connectivity index (χ2v) is 10.2. The lowest BCUT2D eigenvalue weighted by atomic mass is 10.1. The Hall–Kier alpha value is -1.11. The minimum Gasteiger partial charge on any atom is -0.496 e. The molecule has 1 aliphatic rings. The van der Waals surface area contributed by atoms with Crippen molar-refractivity contribution in [3.63, 3.8) is 0 Å². The highest BCUT2D eigenvalue weighted by Crippen LogP contribution is 2.58. The first-order valence-corrected chi connectivity index (χ1v) is 10.5. The summed E-state index contributed by atoms with van der Waals surface area (Å²) in [4.78, 5) is 1.04. The molecular formula is C17H29NO4S. The molecule has 0 amide bonds. The van der Waals surface area contributed by atoms with Gasteiger partial charge in [0.1, 0.15) is 17.2 Å². The van der Waals surface area contributed by atoms with Crippen molar-refractivity contribution < 1.29 is 19.3 Å². The molecule has 1 heterocycles. The Morgan fingerprint density at radius 1 is 1.17 bits per heavy atom. The van der Waals surface area contributed by atoms with Crippen LogP contribution in [0.3, 0.4) is 0 Å². The lowest BCUT2D eigenvalue weighted by molar-refractivity contribution is 0.158. The molecule has 5 nitrogen and oxygen atoms in total. The van der Waals surface area contributed by atoms with Gasteiger partial charge in [-0.05, 0) is 31.9 Å². The first-order chi connectivity index (χ1) is 10.9. The van der Waals surface area contributed by atoms with E-state index in [-0.39, 0.29) is 12.1 Å². The smallest absolute Gasteiger partial charge is 0.138 e. The van der Waals surface area contributed by atoms with E-state index in [1.54, 1.807) is 21.3 Å². The Labute approximate surface area is 140 Å². The molecule has 0 spiro atoms. The average molecular weight is 343 g/mol. The third-order valence-electron chi connectivity index (χ3n) is 4.37. The van der Waals surface area contributed by atoms with E-state index in [4.69, 9.17) is 14.2 Å². The molecule has 1 fully saturated rings. The Bertz CT molecular complexity index is 504. The van der Waals surface area contributed by atoms with Crippen molar-refractivity contribution in [3.8, 4) is 17.2 Å². The summed E-state index contributed by atoms with van der Waals surface area (Å²) in [6.45, 7) is 0.993. The summed E-state index contributed by atoms with van der Waals surface area (Å²) in [6.07, 6.45) is 6.19. The molecule has 0 unspecified atom stereocenters. The Kier molecular flexibility index (Phi) is 6.06. The normalized spacial score (nSPS) is 20.2. The van der Waals surface area contributed by atoms with Crippen LogP contribution in [0.15, 0.2) is 17.0 Å². The quantitative estimate of drug-likeness (QED) is 0.795. The Morgan fingerprint density at radius 3 is 2.22 bits per heavy atom. The van der Waals surface area contributed by atoms with Crippen LogP contribution < -0.4 is 19.5 Å². The molecule has 2 atom stereocenters. The van der Waals surface area contributed by atoms with Crippen LogP contribution >= 0.6 is 10.0 Å². The van der Waals surface area contributed by atoms with Gasteiger partial charge in [0.05, 0.1) is 32.3 Å². The lowest BCUT2D eigenvalue weighted by Gasteiger charge is -2.37. The van der Waals surface area contributed by atoms with Crippen molar-refractivity contribution in [1.29, 1.82) is 0 Å². The summed E-state index contributed by atoms with van der Waals surface area (Å²) >= 11 is 0. The van der Waals surface area contributed by atoms with Crippen LogP contribution in [0.25, 0.3) is 0 Å². The van der Waals surface area contributed by atoms with Gasteiger partial charge < -0.3 is 24.6 Å². The highest BCUT2D eigenvalue weighted by Gasteiger charge is 2.31. The number of rotatable bonds is 7. The van der Waals surface area contributed by atoms with E-state index >= 15 is 0 Å². The SMILES string of the molecule is COc1cc(OC)c(S(C)(C)C[C@@H](O)[C@@H]2CCCN2)c(OC)c1. The van der Waals surface area contributed by atoms with Crippen molar-refractivity contribution in [3.05, 3.63) is 12.1 Å². The maximum atomic E-state index is 10.6. The van der Waals surface area contributed by atoms with Gasteiger partial charge in [-0.2, -0.15) is 0 Å².